The Balaban J connectivity index is 2.25. The third-order valence-electron chi connectivity index (χ3n) is 2.45. The van der Waals surface area contributed by atoms with Crippen molar-refractivity contribution in [3.63, 3.8) is 0 Å². The van der Waals surface area contributed by atoms with Gasteiger partial charge in [-0.1, -0.05) is 0 Å². The molecule has 0 unspecified atom stereocenters. The quantitative estimate of drug-likeness (QED) is 0.629. The van der Waals surface area contributed by atoms with Gasteiger partial charge in [-0.3, -0.25) is 10.1 Å². The molecule has 0 N–H and O–H groups in total. The van der Waals surface area contributed by atoms with E-state index in [0.717, 1.165) is 24.4 Å². The average Bonchev–Trinajstić information content (AvgIpc) is 2.46. The number of alkyl halides is 3. The molecule has 0 fully saturated rings. The fourth-order valence-corrected chi connectivity index (χ4v) is 1.53. The molecular formula is C13H6F3N3O4. The van der Waals surface area contributed by atoms with Gasteiger partial charge in [-0.05, 0) is 12.1 Å². The smallest absolute Gasteiger partial charge is 0.439 e. The maximum absolute atomic E-state index is 12.3. The van der Waals surface area contributed by atoms with Crippen LogP contribution in [0.15, 0.2) is 36.5 Å². The van der Waals surface area contributed by atoms with Crippen LogP contribution in [-0.2, 0) is 0 Å². The van der Waals surface area contributed by atoms with Crippen molar-refractivity contribution in [3.05, 3.63) is 52.2 Å². The van der Waals surface area contributed by atoms with E-state index in [-0.39, 0.29) is 22.9 Å². The summed E-state index contributed by atoms with van der Waals surface area (Å²) in [6.45, 7) is 0. The van der Waals surface area contributed by atoms with E-state index in [1.807, 2.05) is 0 Å². The van der Waals surface area contributed by atoms with E-state index in [9.17, 15) is 23.3 Å². The highest BCUT2D eigenvalue weighted by atomic mass is 19.4. The third kappa shape index (κ3) is 4.31. The largest absolute Gasteiger partial charge is 0.573 e. The molecule has 1 aromatic heterocycles. The lowest BCUT2D eigenvalue weighted by Gasteiger charge is -2.11. The van der Waals surface area contributed by atoms with Gasteiger partial charge in [-0.25, -0.2) is 4.98 Å². The number of rotatable bonds is 4. The number of benzene rings is 1. The maximum atomic E-state index is 12.3. The normalized spacial score (nSPS) is 10.7. The summed E-state index contributed by atoms with van der Waals surface area (Å²) < 4.78 is 45.8. The van der Waals surface area contributed by atoms with Crippen molar-refractivity contribution in [1.82, 2.24) is 4.98 Å². The lowest BCUT2D eigenvalue weighted by molar-refractivity contribution is -0.385. The van der Waals surface area contributed by atoms with Crippen LogP contribution in [0.3, 0.4) is 0 Å². The lowest BCUT2D eigenvalue weighted by Crippen LogP contribution is -2.17. The monoisotopic (exact) mass is 325 g/mol. The standard InChI is InChI=1S/C13H6F3N3O4/c14-13(15,16)23-11-5-10(3-1-8(11)6-17)22-12-4-2-9(7-18-12)19(20)21/h1-5,7H. The van der Waals surface area contributed by atoms with Crippen LogP contribution in [0.1, 0.15) is 5.56 Å². The first kappa shape index (κ1) is 16.0. The number of nitriles is 1. The molecule has 7 nitrogen and oxygen atoms in total. The van der Waals surface area contributed by atoms with Crippen molar-refractivity contribution in [2.24, 2.45) is 0 Å². The minimum absolute atomic E-state index is 0.0710. The molecule has 0 spiro atoms. The minimum Gasteiger partial charge on any atom is -0.439 e. The number of ether oxygens (including phenoxy) is 2. The Morgan fingerprint density at radius 2 is 2.00 bits per heavy atom. The molecule has 23 heavy (non-hydrogen) atoms. The Kier molecular flexibility index (Phi) is 4.31. The van der Waals surface area contributed by atoms with Crippen LogP contribution in [0.2, 0.25) is 0 Å². The van der Waals surface area contributed by atoms with Crippen molar-refractivity contribution in [1.29, 1.82) is 5.26 Å². The zero-order valence-electron chi connectivity index (χ0n) is 11.1. The minimum atomic E-state index is -4.96. The number of nitro groups is 1. The van der Waals surface area contributed by atoms with Gasteiger partial charge in [0, 0.05) is 18.2 Å². The summed E-state index contributed by atoms with van der Waals surface area (Å²) in [7, 11) is 0. The second kappa shape index (κ2) is 6.18. The topological polar surface area (TPSA) is 98.3 Å². The molecule has 0 radical (unpaired) electrons. The van der Waals surface area contributed by atoms with Crippen LogP contribution in [-0.4, -0.2) is 16.3 Å². The van der Waals surface area contributed by atoms with Gasteiger partial charge in [0.2, 0.25) is 5.88 Å². The van der Waals surface area contributed by atoms with E-state index in [1.54, 1.807) is 6.07 Å². The van der Waals surface area contributed by atoms with Crippen molar-refractivity contribution in [2.45, 2.75) is 6.36 Å². The van der Waals surface area contributed by atoms with Gasteiger partial charge in [0.05, 0.1) is 10.5 Å². The molecule has 0 aliphatic carbocycles. The predicted octanol–water partition coefficient (Wildman–Crippen LogP) is 3.55. The second-order valence-corrected chi connectivity index (χ2v) is 4.03. The summed E-state index contributed by atoms with van der Waals surface area (Å²) in [5, 5.41) is 19.3. The molecule has 1 aromatic carbocycles. The van der Waals surface area contributed by atoms with Gasteiger partial charge in [0.1, 0.15) is 18.0 Å². The van der Waals surface area contributed by atoms with E-state index in [4.69, 9.17) is 10.00 Å². The first-order valence-electron chi connectivity index (χ1n) is 5.87. The maximum Gasteiger partial charge on any atom is 0.573 e. The molecule has 1 heterocycles. The number of pyridine rings is 1. The van der Waals surface area contributed by atoms with Gasteiger partial charge in [-0.2, -0.15) is 5.26 Å². The highest BCUT2D eigenvalue weighted by Gasteiger charge is 2.32. The molecule has 0 bridgehead atoms. The average molecular weight is 325 g/mol. The number of hydrogen-bond acceptors (Lipinski definition) is 6. The Labute approximate surface area is 126 Å². The first-order chi connectivity index (χ1) is 10.8. The second-order valence-electron chi connectivity index (χ2n) is 4.03. The van der Waals surface area contributed by atoms with Crippen LogP contribution in [0.4, 0.5) is 18.9 Å². The van der Waals surface area contributed by atoms with E-state index >= 15 is 0 Å². The van der Waals surface area contributed by atoms with Crippen LogP contribution >= 0.6 is 0 Å². The van der Waals surface area contributed by atoms with Crippen molar-refractivity contribution in [2.75, 3.05) is 0 Å². The molecule has 0 saturated carbocycles. The van der Waals surface area contributed by atoms with E-state index in [1.165, 1.54) is 12.1 Å². The Hall–Kier alpha value is -3.35. The summed E-state index contributed by atoms with van der Waals surface area (Å²) in [4.78, 5) is 13.5. The Bertz CT molecular complexity index is 770. The van der Waals surface area contributed by atoms with Gasteiger partial charge in [-0.15, -0.1) is 13.2 Å². The molecule has 10 heteroatoms. The summed E-state index contributed by atoms with van der Waals surface area (Å²) in [5.41, 5.74) is -0.593. The first-order valence-corrected chi connectivity index (χ1v) is 5.87. The summed E-state index contributed by atoms with van der Waals surface area (Å²) in [5.74, 6) is -0.873. The number of halogens is 3. The zero-order valence-corrected chi connectivity index (χ0v) is 11.1. The molecular weight excluding hydrogens is 319 g/mol. The molecule has 2 aromatic rings. The van der Waals surface area contributed by atoms with Crippen LogP contribution < -0.4 is 9.47 Å². The van der Waals surface area contributed by atoms with E-state index < -0.39 is 17.0 Å². The lowest BCUT2D eigenvalue weighted by atomic mass is 10.2. The van der Waals surface area contributed by atoms with Gasteiger partial charge >= 0.3 is 6.36 Å². The van der Waals surface area contributed by atoms with Crippen molar-refractivity contribution < 1.29 is 27.6 Å². The molecule has 0 aliphatic heterocycles. The van der Waals surface area contributed by atoms with Crippen LogP contribution in [0, 0.1) is 21.4 Å². The predicted molar refractivity (Wildman–Crippen MR) is 68.8 cm³/mol. The molecule has 0 atom stereocenters. The van der Waals surface area contributed by atoms with Gasteiger partial charge in [0.25, 0.3) is 5.69 Å². The fraction of sp³-hybridized carbons (Fsp3) is 0.0769. The molecule has 0 saturated heterocycles. The summed E-state index contributed by atoms with van der Waals surface area (Å²) >= 11 is 0. The molecule has 0 amide bonds. The van der Waals surface area contributed by atoms with E-state index in [2.05, 4.69) is 9.72 Å². The fourth-order valence-electron chi connectivity index (χ4n) is 1.53. The van der Waals surface area contributed by atoms with Gasteiger partial charge in [0.15, 0.2) is 5.75 Å². The van der Waals surface area contributed by atoms with Crippen LogP contribution in [0.25, 0.3) is 0 Å². The highest BCUT2D eigenvalue weighted by Crippen LogP contribution is 2.31. The number of aromatic nitrogens is 1. The van der Waals surface area contributed by atoms with E-state index in [0.29, 0.717) is 0 Å². The number of nitrogens with zero attached hydrogens (tertiary/aromatic N) is 3. The van der Waals surface area contributed by atoms with Crippen LogP contribution in [0.5, 0.6) is 17.4 Å². The zero-order chi connectivity index (χ0) is 17.0. The van der Waals surface area contributed by atoms with Crippen molar-refractivity contribution >= 4 is 5.69 Å². The summed E-state index contributed by atoms with van der Waals surface area (Å²) in [6, 6.07) is 7.06. The Morgan fingerprint density at radius 1 is 1.26 bits per heavy atom. The molecule has 2 rings (SSSR count). The highest BCUT2D eigenvalue weighted by molar-refractivity contribution is 5.48. The SMILES string of the molecule is N#Cc1ccc(Oc2ccc([N+](=O)[O-])cn2)cc1OC(F)(F)F. The summed E-state index contributed by atoms with van der Waals surface area (Å²) in [6.07, 6.45) is -4.03. The molecule has 118 valence electrons. The number of hydrogen-bond donors (Lipinski definition) is 0. The molecule has 0 aliphatic rings. The third-order valence-corrected chi connectivity index (χ3v) is 2.45. The van der Waals surface area contributed by atoms with Gasteiger partial charge < -0.3 is 9.47 Å². The van der Waals surface area contributed by atoms with Crippen molar-refractivity contribution in [3.8, 4) is 23.4 Å². The Morgan fingerprint density at radius 3 is 2.52 bits per heavy atom.